The number of hydrogen-bond acceptors (Lipinski definition) is 7. The molecule has 0 aliphatic heterocycles. The summed E-state index contributed by atoms with van der Waals surface area (Å²) in [6, 6.07) is 0. The van der Waals surface area contributed by atoms with E-state index in [1.165, 1.54) is 0 Å². The average molecular weight is 316 g/mol. The molecule has 0 spiro atoms. The minimum Gasteiger partial charge on any atom is -0.550 e. The largest absolute Gasteiger partial charge is 1.00 e. The van der Waals surface area contributed by atoms with Gasteiger partial charge in [-0.1, -0.05) is 0 Å². The van der Waals surface area contributed by atoms with Crippen molar-refractivity contribution in [3.8, 4) is 0 Å². The van der Waals surface area contributed by atoms with Crippen molar-refractivity contribution in [1.29, 1.82) is 0 Å². The zero-order valence-corrected chi connectivity index (χ0v) is 16.2. The van der Waals surface area contributed by atoms with Crippen LogP contribution in [-0.2, 0) is 24.4 Å². The fourth-order valence-corrected chi connectivity index (χ4v) is 1.26. The Labute approximate surface area is 156 Å². The maximum absolute atomic E-state index is 10.2. The fourth-order valence-electron chi connectivity index (χ4n) is 0.666. The van der Waals surface area contributed by atoms with E-state index in [2.05, 4.69) is 0 Å². The van der Waals surface area contributed by atoms with Crippen molar-refractivity contribution in [2.45, 2.75) is 25.5 Å². The van der Waals surface area contributed by atoms with Crippen LogP contribution in [0.1, 0.15) is 20.3 Å². The Kier molecular flexibility index (Phi) is 22.4. The Bertz CT molecular complexity index is 341. The van der Waals surface area contributed by atoms with E-state index in [0.717, 1.165) is 13.2 Å². The number of hydrogen-bond donors (Lipinski definition) is 1. The van der Waals surface area contributed by atoms with Gasteiger partial charge in [0.2, 0.25) is 0 Å². The molecule has 0 bridgehead atoms. The van der Waals surface area contributed by atoms with Gasteiger partial charge in [0.05, 0.1) is 5.97 Å². The monoisotopic (exact) mass is 316 g/mol. The molecule has 0 saturated heterocycles. The summed E-state index contributed by atoms with van der Waals surface area (Å²) in [5.74, 6) is -4.08. The van der Waals surface area contributed by atoms with Gasteiger partial charge in [0, 0.05) is 25.6 Å². The molecular weight excluding hydrogens is 302 g/mol. The third kappa shape index (κ3) is 18.8. The predicted octanol–water partition coefficient (Wildman–Crippen LogP) is -8.82. The average Bonchev–Trinajstić information content (AvgIpc) is 2.14. The Morgan fingerprint density at radius 2 is 1.53 bits per heavy atom. The number of aliphatic carboxylic acids is 2. The van der Waals surface area contributed by atoms with Gasteiger partial charge in [-0.15, -0.1) is 0 Å². The summed E-state index contributed by atoms with van der Waals surface area (Å²) < 4.78 is 33.3. The van der Waals surface area contributed by atoms with Gasteiger partial charge in [0.15, 0.2) is 0 Å². The summed E-state index contributed by atoms with van der Waals surface area (Å²) in [5.41, 5.74) is 0. The van der Waals surface area contributed by atoms with Crippen LogP contribution >= 0.6 is 0 Å². The molecule has 8 nitrogen and oxygen atoms in total. The molecular formula is C8H14Na2O8S. The summed E-state index contributed by atoms with van der Waals surface area (Å²) in [6.07, 6.45) is -1.33. The quantitative estimate of drug-likeness (QED) is 0.376. The molecule has 11 heteroatoms. The van der Waals surface area contributed by atoms with Crippen molar-refractivity contribution in [3.63, 3.8) is 0 Å². The first-order valence-corrected chi connectivity index (χ1v) is 6.11. The van der Waals surface area contributed by atoms with Crippen LogP contribution in [0.4, 0.5) is 0 Å². The molecule has 0 aliphatic rings. The van der Waals surface area contributed by atoms with Gasteiger partial charge in [-0.05, 0) is 13.8 Å². The number of ether oxygens (including phenoxy) is 1. The minimum atomic E-state index is -4.94. The first-order chi connectivity index (χ1) is 7.66. The number of carbonyl (C=O) groups is 2. The van der Waals surface area contributed by atoms with E-state index in [4.69, 9.17) is 9.29 Å². The van der Waals surface area contributed by atoms with Crippen molar-refractivity contribution in [3.05, 3.63) is 0 Å². The topological polar surface area (TPSA) is 144 Å². The molecule has 0 aromatic rings. The molecule has 1 N–H and O–H groups in total. The summed E-state index contributed by atoms with van der Waals surface area (Å²) in [5, 5.41) is 17.3. The van der Waals surface area contributed by atoms with Crippen LogP contribution in [0.5, 0.6) is 0 Å². The van der Waals surface area contributed by atoms with E-state index >= 15 is 0 Å². The third-order valence-electron chi connectivity index (χ3n) is 1.38. The third-order valence-corrected chi connectivity index (χ3v) is 2.46. The zero-order valence-electron chi connectivity index (χ0n) is 11.4. The Morgan fingerprint density at radius 1 is 1.16 bits per heavy atom. The van der Waals surface area contributed by atoms with Crippen molar-refractivity contribution < 1.29 is 96.6 Å². The molecule has 0 aliphatic carbocycles. The Hall–Kier alpha value is 0.810. The smallest absolute Gasteiger partial charge is 0.550 e. The maximum Gasteiger partial charge on any atom is 1.00 e. The fraction of sp³-hybridized carbons (Fsp3) is 0.750. The van der Waals surface area contributed by atoms with Gasteiger partial charge in [0.25, 0.3) is 10.1 Å². The summed E-state index contributed by atoms with van der Waals surface area (Å²) in [4.78, 5) is 19.7. The Balaban J connectivity index is -0.000000139. The second-order valence-corrected chi connectivity index (χ2v) is 4.28. The van der Waals surface area contributed by atoms with Gasteiger partial charge in [-0.25, -0.2) is 0 Å². The molecule has 0 rings (SSSR count). The van der Waals surface area contributed by atoms with E-state index in [0.29, 0.717) is 0 Å². The Morgan fingerprint density at radius 3 is 1.58 bits per heavy atom. The van der Waals surface area contributed by atoms with E-state index in [9.17, 15) is 28.2 Å². The second kappa shape index (κ2) is 15.2. The molecule has 0 radical (unpaired) electrons. The van der Waals surface area contributed by atoms with Crippen molar-refractivity contribution in [2.24, 2.45) is 0 Å². The number of rotatable bonds is 6. The predicted molar refractivity (Wildman–Crippen MR) is 52.1 cm³/mol. The minimum absolute atomic E-state index is 0. The van der Waals surface area contributed by atoms with Crippen molar-refractivity contribution >= 4 is 22.1 Å². The molecule has 19 heavy (non-hydrogen) atoms. The van der Waals surface area contributed by atoms with Gasteiger partial charge >= 0.3 is 59.1 Å². The summed E-state index contributed by atoms with van der Waals surface area (Å²) >= 11 is 0. The van der Waals surface area contributed by atoms with E-state index in [1.807, 2.05) is 13.8 Å². The van der Waals surface area contributed by atoms with Crippen LogP contribution < -0.4 is 69.3 Å². The number of carboxylic acids is 2. The summed E-state index contributed by atoms with van der Waals surface area (Å²) in [6.45, 7) is 5.67. The number of carboxylic acid groups (broad SMARTS) is 2. The van der Waals surface area contributed by atoms with Gasteiger partial charge in [-0.3, -0.25) is 4.55 Å². The van der Waals surface area contributed by atoms with Crippen LogP contribution in [0.2, 0.25) is 0 Å². The van der Waals surface area contributed by atoms with Crippen LogP contribution in [0.3, 0.4) is 0 Å². The van der Waals surface area contributed by atoms with Crippen molar-refractivity contribution in [2.75, 3.05) is 13.2 Å². The van der Waals surface area contributed by atoms with Crippen LogP contribution in [0.25, 0.3) is 0 Å². The molecule has 1 atom stereocenters. The van der Waals surface area contributed by atoms with Gasteiger partial charge in [-0.2, -0.15) is 8.42 Å². The second-order valence-electron chi connectivity index (χ2n) is 2.68. The van der Waals surface area contributed by atoms with Crippen LogP contribution in [0, 0.1) is 0 Å². The SMILES string of the molecule is CCOCC.O=C([O-])CC(C(=O)[O-])S(=O)(=O)O.[Na+].[Na+]. The zero-order chi connectivity index (χ0) is 14.1. The van der Waals surface area contributed by atoms with E-state index < -0.39 is 33.7 Å². The molecule has 0 saturated carbocycles. The van der Waals surface area contributed by atoms with Crippen molar-refractivity contribution in [1.82, 2.24) is 0 Å². The molecule has 0 amide bonds. The first kappa shape index (κ1) is 28.0. The van der Waals surface area contributed by atoms with Crippen LogP contribution in [0.15, 0.2) is 0 Å². The van der Waals surface area contributed by atoms with E-state index in [-0.39, 0.29) is 59.1 Å². The van der Waals surface area contributed by atoms with Crippen LogP contribution in [-0.4, -0.2) is 43.4 Å². The molecule has 0 aromatic heterocycles. The van der Waals surface area contributed by atoms with Gasteiger partial charge in [0.1, 0.15) is 5.25 Å². The standard InChI is InChI=1S/C4H6O7S.C4H10O.2Na/c5-3(6)1-2(4(7)8)12(9,10)11;1-3-5-4-2;;/h2H,1H2,(H,5,6)(H,7,8)(H,9,10,11);3-4H2,1-2H3;;/q;;2*+1/p-2. The van der Waals surface area contributed by atoms with Gasteiger partial charge < -0.3 is 24.5 Å². The molecule has 0 aromatic carbocycles. The molecule has 1 unspecified atom stereocenters. The van der Waals surface area contributed by atoms with E-state index in [1.54, 1.807) is 0 Å². The number of carbonyl (C=O) groups excluding carboxylic acids is 2. The molecule has 0 fully saturated rings. The maximum atomic E-state index is 10.2. The molecule has 0 heterocycles. The normalized spacial score (nSPS) is 10.9. The molecule has 102 valence electrons. The summed E-state index contributed by atoms with van der Waals surface area (Å²) in [7, 11) is -4.94. The first-order valence-electron chi connectivity index (χ1n) is 4.61.